The van der Waals surface area contributed by atoms with Gasteiger partial charge in [0.15, 0.2) is 0 Å². The molecular formula is C14H30N2O. The molecule has 0 amide bonds. The summed E-state index contributed by atoms with van der Waals surface area (Å²) in [7, 11) is 1.77. The molecule has 1 N–H and O–H groups in total. The highest BCUT2D eigenvalue weighted by molar-refractivity contribution is 4.71. The van der Waals surface area contributed by atoms with Crippen molar-refractivity contribution in [2.45, 2.75) is 51.5 Å². The van der Waals surface area contributed by atoms with E-state index in [9.17, 15) is 0 Å². The summed E-state index contributed by atoms with van der Waals surface area (Å²) in [4.78, 5) is 2.66. The zero-order valence-electron chi connectivity index (χ0n) is 11.7. The molecule has 1 aliphatic rings. The van der Waals surface area contributed by atoms with Crippen LogP contribution in [0.25, 0.3) is 0 Å². The molecule has 0 spiro atoms. The first kappa shape index (κ1) is 14.9. The van der Waals surface area contributed by atoms with Crippen LogP contribution in [0.4, 0.5) is 0 Å². The summed E-state index contributed by atoms with van der Waals surface area (Å²) in [6.07, 6.45) is 8.16. The summed E-state index contributed by atoms with van der Waals surface area (Å²) in [6, 6.07) is 0.677. The van der Waals surface area contributed by atoms with Crippen LogP contribution in [-0.2, 0) is 4.74 Å². The molecule has 0 aromatic carbocycles. The van der Waals surface area contributed by atoms with Crippen LogP contribution >= 0.6 is 0 Å². The first-order valence-corrected chi connectivity index (χ1v) is 7.28. The van der Waals surface area contributed by atoms with Crippen LogP contribution in [0.1, 0.15) is 45.4 Å². The molecule has 1 aliphatic heterocycles. The van der Waals surface area contributed by atoms with E-state index in [0.717, 1.165) is 26.1 Å². The summed E-state index contributed by atoms with van der Waals surface area (Å²) >= 11 is 0. The van der Waals surface area contributed by atoms with Crippen LogP contribution in [0, 0.1) is 0 Å². The average molecular weight is 242 g/mol. The lowest BCUT2D eigenvalue weighted by atomic mass is 10.1. The molecule has 3 nitrogen and oxygen atoms in total. The van der Waals surface area contributed by atoms with Crippen molar-refractivity contribution >= 4 is 0 Å². The largest absolute Gasteiger partial charge is 0.385 e. The minimum atomic E-state index is 0.677. The van der Waals surface area contributed by atoms with E-state index in [2.05, 4.69) is 17.1 Å². The first-order valence-electron chi connectivity index (χ1n) is 7.28. The minimum absolute atomic E-state index is 0.677. The molecule has 1 heterocycles. The van der Waals surface area contributed by atoms with Gasteiger partial charge in [-0.25, -0.2) is 0 Å². The molecule has 3 heteroatoms. The number of likely N-dealkylation sites (tertiary alicyclic amines) is 1. The lowest BCUT2D eigenvalue weighted by Crippen LogP contribution is -2.42. The normalized spacial score (nSPS) is 20.8. The fourth-order valence-corrected chi connectivity index (χ4v) is 2.49. The van der Waals surface area contributed by atoms with Crippen LogP contribution in [-0.4, -0.2) is 50.8 Å². The van der Waals surface area contributed by atoms with Crippen molar-refractivity contribution in [3.05, 3.63) is 0 Å². The molecule has 1 fully saturated rings. The van der Waals surface area contributed by atoms with E-state index in [1.54, 1.807) is 7.11 Å². The zero-order valence-corrected chi connectivity index (χ0v) is 11.7. The second-order valence-corrected chi connectivity index (χ2v) is 5.20. The molecule has 1 saturated heterocycles. The Bertz CT molecular complexity index is 168. The molecular weight excluding hydrogens is 212 g/mol. The fraction of sp³-hybridized carbons (Fsp3) is 1.00. The van der Waals surface area contributed by atoms with Crippen molar-refractivity contribution in [1.82, 2.24) is 10.2 Å². The van der Waals surface area contributed by atoms with Crippen molar-refractivity contribution in [3.8, 4) is 0 Å². The number of nitrogens with one attached hydrogen (secondary N) is 1. The van der Waals surface area contributed by atoms with Gasteiger partial charge in [0, 0.05) is 26.3 Å². The molecule has 17 heavy (non-hydrogen) atoms. The van der Waals surface area contributed by atoms with Gasteiger partial charge in [-0.2, -0.15) is 0 Å². The SMILES string of the molecule is COCCCNCC(C)N1CCCCCCC1. The Balaban J connectivity index is 2.09. The summed E-state index contributed by atoms with van der Waals surface area (Å²) in [5.41, 5.74) is 0. The first-order chi connectivity index (χ1) is 8.34. The number of ether oxygens (including phenoxy) is 1. The molecule has 0 saturated carbocycles. The lowest BCUT2D eigenvalue weighted by Gasteiger charge is -2.30. The van der Waals surface area contributed by atoms with Crippen molar-refractivity contribution in [1.29, 1.82) is 0 Å². The molecule has 0 aromatic heterocycles. The van der Waals surface area contributed by atoms with E-state index >= 15 is 0 Å². The van der Waals surface area contributed by atoms with Gasteiger partial charge in [-0.1, -0.05) is 19.3 Å². The van der Waals surface area contributed by atoms with E-state index in [1.165, 1.54) is 45.2 Å². The van der Waals surface area contributed by atoms with E-state index < -0.39 is 0 Å². The Kier molecular flexibility index (Phi) is 8.67. The highest BCUT2D eigenvalue weighted by atomic mass is 16.5. The standard InChI is InChI=1S/C14H30N2O/c1-14(13-15-9-8-12-17-2)16-10-6-4-3-5-7-11-16/h14-15H,3-13H2,1-2H3. The van der Waals surface area contributed by atoms with Crippen LogP contribution in [0.5, 0.6) is 0 Å². The van der Waals surface area contributed by atoms with Crippen LogP contribution in [0.3, 0.4) is 0 Å². The maximum Gasteiger partial charge on any atom is 0.0474 e. The van der Waals surface area contributed by atoms with Gasteiger partial charge in [0.1, 0.15) is 0 Å². The topological polar surface area (TPSA) is 24.5 Å². The number of rotatable bonds is 7. The molecule has 1 rings (SSSR count). The summed E-state index contributed by atoms with van der Waals surface area (Å²) in [6.45, 7) is 7.99. The van der Waals surface area contributed by atoms with Gasteiger partial charge in [0.25, 0.3) is 0 Å². The zero-order chi connectivity index (χ0) is 12.3. The van der Waals surface area contributed by atoms with E-state index in [4.69, 9.17) is 4.74 Å². The second kappa shape index (κ2) is 9.86. The highest BCUT2D eigenvalue weighted by Crippen LogP contribution is 2.12. The van der Waals surface area contributed by atoms with E-state index in [-0.39, 0.29) is 0 Å². The molecule has 1 atom stereocenters. The minimum Gasteiger partial charge on any atom is -0.385 e. The molecule has 102 valence electrons. The van der Waals surface area contributed by atoms with E-state index in [0.29, 0.717) is 6.04 Å². The number of nitrogens with zero attached hydrogens (tertiary/aromatic N) is 1. The van der Waals surface area contributed by atoms with Gasteiger partial charge >= 0.3 is 0 Å². The molecule has 0 bridgehead atoms. The Hall–Kier alpha value is -0.120. The van der Waals surface area contributed by atoms with Crippen molar-refractivity contribution in [2.75, 3.05) is 39.9 Å². The lowest BCUT2D eigenvalue weighted by molar-refractivity contribution is 0.179. The van der Waals surface area contributed by atoms with Crippen molar-refractivity contribution in [3.63, 3.8) is 0 Å². The molecule has 0 aromatic rings. The Morgan fingerprint density at radius 1 is 1.12 bits per heavy atom. The monoisotopic (exact) mass is 242 g/mol. The smallest absolute Gasteiger partial charge is 0.0474 e. The van der Waals surface area contributed by atoms with Gasteiger partial charge in [0.05, 0.1) is 0 Å². The number of hydrogen-bond donors (Lipinski definition) is 1. The van der Waals surface area contributed by atoms with Crippen LogP contribution < -0.4 is 5.32 Å². The van der Waals surface area contributed by atoms with Gasteiger partial charge in [-0.15, -0.1) is 0 Å². The summed E-state index contributed by atoms with van der Waals surface area (Å²) in [5.74, 6) is 0. The van der Waals surface area contributed by atoms with Crippen molar-refractivity contribution in [2.24, 2.45) is 0 Å². The second-order valence-electron chi connectivity index (χ2n) is 5.20. The predicted octanol–water partition coefficient (Wildman–Crippen LogP) is 2.27. The average Bonchev–Trinajstić information content (AvgIpc) is 2.28. The van der Waals surface area contributed by atoms with Crippen molar-refractivity contribution < 1.29 is 4.74 Å². The van der Waals surface area contributed by atoms with Crippen LogP contribution in [0.2, 0.25) is 0 Å². The maximum absolute atomic E-state index is 5.05. The Labute approximate surface area is 107 Å². The van der Waals surface area contributed by atoms with Gasteiger partial charge in [-0.05, 0) is 45.8 Å². The number of hydrogen-bond acceptors (Lipinski definition) is 3. The number of methoxy groups -OCH3 is 1. The molecule has 0 aliphatic carbocycles. The summed E-state index contributed by atoms with van der Waals surface area (Å²) < 4.78 is 5.05. The third kappa shape index (κ3) is 7.02. The van der Waals surface area contributed by atoms with Gasteiger partial charge < -0.3 is 10.1 Å². The third-order valence-corrected chi connectivity index (χ3v) is 3.66. The summed E-state index contributed by atoms with van der Waals surface area (Å²) in [5, 5.41) is 3.53. The quantitative estimate of drug-likeness (QED) is 0.693. The maximum atomic E-state index is 5.05. The third-order valence-electron chi connectivity index (χ3n) is 3.66. The van der Waals surface area contributed by atoms with Gasteiger partial charge in [0.2, 0.25) is 0 Å². The van der Waals surface area contributed by atoms with E-state index in [1.807, 2.05) is 0 Å². The fourth-order valence-electron chi connectivity index (χ4n) is 2.49. The van der Waals surface area contributed by atoms with Gasteiger partial charge in [-0.3, -0.25) is 4.90 Å². The highest BCUT2D eigenvalue weighted by Gasteiger charge is 2.14. The molecule has 1 unspecified atom stereocenters. The van der Waals surface area contributed by atoms with Crippen LogP contribution in [0.15, 0.2) is 0 Å². The predicted molar refractivity (Wildman–Crippen MR) is 73.5 cm³/mol. The molecule has 0 radical (unpaired) electrons. The Morgan fingerprint density at radius 2 is 1.76 bits per heavy atom. The Morgan fingerprint density at radius 3 is 2.41 bits per heavy atom.